The molecule has 1 heterocycles. The first-order valence-electron chi connectivity index (χ1n) is 6.45. The Morgan fingerprint density at radius 1 is 1.32 bits per heavy atom. The minimum atomic E-state index is -0.279. The van der Waals surface area contributed by atoms with Crippen molar-refractivity contribution in [3.05, 3.63) is 26.7 Å². The van der Waals surface area contributed by atoms with Gasteiger partial charge in [0.2, 0.25) is 0 Å². The number of nitrogens with one attached hydrogen (secondary N) is 1. The molecule has 0 fully saturated rings. The Balaban J connectivity index is 2.50. The Bertz CT molecular complexity index is 488. The van der Waals surface area contributed by atoms with Gasteiger partial charge in [-0.1, -0.05) is 41.7 Å². The Kier molecular flexibility index (Phi) is 4.56. The van der Waals surface area contributed by atoms with Gasteiger partial charge in [-0.25, -0.2) is 0 Å². The van der Waals surface area contributed by atoms with Gasteiger partial charge in [-0.3, -0.25) is 0 Å². The van der Waals surface area contributed by atoms with Crippen molar-refractivity contribution in [2.24, 2.45) is 0 Å². The molecule has 1 aromatic carbocycles. The largest absolute Gasteiger partial charge is 0.486 e. The summed E-state index contributed by atoms with van der Waals surface area (Å²) in [6, 6.07) is 1.75. The molecule has 2 rings (SSSR count). The highest BCUT2D eigenvalue weighted by Gasteiger charge is 2.37. The molecule has 106 valence electrons. The van der Waals surface area contributed by atoms with Gasteiger partial charge in [0.1, 0.15) is 11.4 Å². The molecule has 0 radical (unpaired) electrons. The summed E-state index contributed by atoms with van der Waals surface area (Å²) in [6.45, 7) is 7.15. The summed E-state index contributed by atoms with van der Waals surface area (Å²) < 4.78 is 5.98. The molecule has 1 aromatic rings. The normalized spacial score (nSPS) is 20.8. The van der Waals surface area contributed by atoms with Crippen LogP contribution >= 0.6 is 34.8 Å². The van der Waals surface area contributed by atoms with Crippen molar-refractivity contribution in [1.29, 1.82) is 0 Å². The molecular formula is C14H18Cl3NO. The molecule has 0 saturated heterocycles. The Morgan fingerprint density at radius 3 is 2.63 bits per heavy atom. The van der Waals surface area contributed by atoms with E-state index in [9.17, 15) is 0 Å². The van der Waals surface area contributed by atoms with Gasteiger partial charge in [-0.15, -0.1) is 0 Å². The highest BCUT2D eigenvalue weighted by Crippen LogP contribution is 2.49. The molecule has 0 saturated carbocycles. The fraction of sp³-hybridized carbons (Fsp3) is 0.571. The van der Waals surface area contributed by atoms with E-state index >= 15 is 0 Å². The van der Waals surface area contributed by atoms with Crippen LogP contribution in [0.3, 0.4) is 0 Å². The minimum Gasteiger partial charge on any atom is -0.486 e. The Hall–Kier alpha value is -0.150. The summed E-state index contributed by atoms with van der Waals surface area (Å²) in [5, 5.41) is 5.01. The fourth-order valence-corrected chi connectivity index (χ4v) is 3.20. The van der Waals surface area contributed by atoms with Gasteiger partial charge in [0.15, 0.2) is 0 Å². The zero-order valence-corrected chi connectivity index (χ0v) is 13.6. The molecule has 0 spiro atoms. The van der Waals surface area contributed by atoms with Crippen LogP contribution in [0.5, 0.6) is 5.75 Å². The highest BCUT2D eigenvalue weighted by molar-refractivity contribution is 6.44. The molecule has 1 unspecified atom stereocenters. The number of hydrogen-bond donors (Lipinski definition) is 1. The number of hydrogen-bond acceptors (Lipinski definition) is 2. The molecule has 1 N–H and O–H groups in total. The first kappa shape index (κ1) is 15.2. The quantitative estimate of drug-likeness (QED) is 0.767. The average Bonchev–Trinajstić information content (AvgIpc) is 2.32. The zero-order valence-electron chi connectivity index (χ0n) is 11.3. The number of fused-ring (bicyclic) bond motifs is 1. The highest BCUT2D eigenvalue weighted by atomic mass is 35.5. The second kappa shape index (κ2) is 5.69. The van der Waals surface area contributed by atoms with E-state index in [0.717, 1.165) is 24.9 Å². The SMILES string of the molecule is CCCNC1CC(C)(C)Oc2c(Cl)cc(Cl)c(Cl)c21. The first-order chi connectivity index (χ1) is 8.85. The minimum absolute atomic E-state index is 0.113. The average molecular weight is 323 g/mol. The van der Waals surface area contributed by atoms with Crippen LogP contribution in [0.15, 0.2) is 6.07 Å². The predicted molar refractivity (Wildman–Crippen MR) is 81.8 cm³/mol. The number of ether oxygens (including phenoxy) is 1. The van der Waals surface area contributed by atoms with Crippen LogP contribution in [0, 0.1) is 0 Å². The standard InChI is InChI=1S/C14H18Cl3NO/c1-4-5-18-10-7-14(2,3)19-13-9(16)6-8(15)12(17)11(10)13/h6,10,18H,4-5,7H2,1-3H3. The maximum Gasteiger partial charge on any atom is 0.145 e. The van der Waals surface area contributed by atoms with Crippen LogP contribution in [-0.2, 0) is 0 Å². The van der Waals surface area contributed by atoms with Crippen LogP contribution < -0.4 is 10.1 Å². The second-order valence-corrected chi connectivity index (χ2v) is 6.66. The van der Waals surface area contributed by atoms with Gasteiger partial charge in [0.05, 0.1) is 15.1 Å². The van der Waals surface area contributed by atoms with Crippen molar-refractivity contribution in [3.63, 3.8) is 0 Å². The molecule has 19 heavy (non-hydrogen) atoms. The summed E-state index contributed by atoms with van der Waals surface area (Å²) in [4.78, 5) is 0. The van der Waals surface area contributed by atoms with Crippen LogP contribution in [0.4, 0.5) is 0 Å². The topological polar surface area (TPSA) is 21.3 Å². The number of benzene rings is 1. The summed E-state index contributed by atoms with van der Waals surface area (Å²) in [5.74, 6) is 0.654. The van der Waals surface area contributed by atoms with E-state index in [1.54, 1.807) is 6.07 Å². The Labute approximate surface area is 129 Å². The lowest BCUT2D eigenvalue weighted by Crippen LogP contribution is -2.40. The summed E-state index contributed by atoms with van der Waals surface area (Å²) >= 11 is 18.7. The lowest BCUT2D eigenvalue weighted by Gasteiger charge is -2.39. The third-order valence-corrected chi connectivity index (χ3v) is 4.31. The molecule has 1 aliphatic heterocycles. The lowest BCUT2D eigenvalue weighted by molar-refractivity contribution is 0.0663. The van der Waals surface area contributed by atoms with Gasteiger partial charge >= 0.3 is 0 Å². The monoisotopic (exact) mass is 321 g/mol. The van der Waals surface area contributed by atoms with Crippen molar-refractivity contribution < 1.29 is 4.74 Å². The van der Waals surface area contributed by atoms with Crippen molar-refractivity contribution in [2.45, 2.75) is 45.3 Å². The molecule has 0 bridgehead atoms. The van der Waals surface area contributed by atoms with Gasteiger partial charge < -0.3 is 10.1 Å². The molecule has 0 amide bonds. The summed E-state index contributed by atoms with van der Waals surface area (Å²) in [7, 11) is 0. The number of rotatable bonds is 3. The fourth-order valence-electron chi connectivity index (χ4n) is 2.42. The third kappa shape index (κ3) is 3.13. The van der Waals surface area contributed by atoms with Gasteiger partial charge in [0, 0.05) is 18.0 Å². The zero-order chi connectivity index (χ0) is 14.2. The van der Waals surface area contributed by atoms with Crippen LogP contribution in [0.25, 0.3) is 0 Å². The second-order valence-electron chi connectivity index (χ2n) is 5.47. The maximum absolute atomic E-state index is 6.34. The number of halogens is 3. The van der Waals surface area contributed by atoms with Crippen molar-refractivity contribution in [3.8, 4) is 5.75 Å². The third-order valence-electron chi connectivity index (χ3n) is 3.22. The molecule has 2 nitrogen and oxygen atoms in total. The molecule has 0 aliphatic carbocycles. The van der Waals surface area contributed by atoms with Crippen molar-refractivity contribution >= 4 is 34.8 Å². The summed E-state index contributed by atoms with van der Waals surface area (Å²) in [5.41, 5.74) is 0.603. The van der Waals surface area contributed by atoms with E-state index < -0.39 is 0 Å². The lowest BCUT2D eigenvalue weighted by atomic mass is 9.89. The van der Waals surface area contributed by atoms with E-state index in [2.05, 4.69) is 26.1 Å². The van der Waals surface area contributed by atoms with E-state index in [0.29, 0.717) is 20.8 Å². The van der Waals surface area contributed by atoms with Gasteiger partial charge in [-0.2, -0.15) is 0 Å². The molecule has 5 heteroatoms. The summed E-state index contributed by atoms with van der Waals surface area (Å²) in [6.07, 6.45) is 1.88. The van der Waals surface area contributed by atoms with Crippen LogP contribution in [0.1, 0.15) is 45.2 Å². The van der Waals surface area contributed by atoms with Crippen molar-refractivity contribution in [2.75, 3.05) is 6.54 Å². The van der Waals surface area contributed by atoms with Gasteiger partial charge in [-0.05, 0) is 32.9 Å². The van der Waals surface area contributed by atoms with E-state index in [1.807, 2.05) is 0 Å². The molecule has 0 aromatic heterocycles. The predicted octanol–water partition coefficient (Wildman–Crippen LogP) is 5.25. The molecular weight excluding hydrogens is 305 g/mol. The van der Waals surface area contributed by atoms with E-state index in [-0.39, 0.29) is 11.6 Å². The van der Waals surface area contributed by atoms with E-state index in [4.69, 9.17) is 39.5 Å². The van der Waals surface area contributed by atoms with Crippen LogP contribution in [0.2, 0.25) is 15.1 Å². The smallest absolute Gasteiger partial charge is 0.145 e. The van der Waals surface area contributed by atoms with E-state index in [1.165, 1.54) is 0 Å². The molecule has 1 atom stereocenters. The van der Waals surface area contributed by atoms with Crippen molar-refractivity contribution in [1.82, 2.24) is 5.32 Å². The Morgan fingerprint density at radius 2 is 2.00 bits per heavy atom. The van der Waals surface area contributed by atoms with Crippen LogP contribution in [-0.4, -0.2) is 12.1 Å². The molecule has 1 aliphatic rings. The first-order valence-corrected chi connectivity index (χ1v) is 7.59. The van der Waals surface area contributed by atoms with Gasteiger partial charge in [0.25, 0.3) is 0 Å². The maximum atomic E-state index is 6.34.